The second-order valence-corrected chi connectivity index (χ2v) is 9.71. The molecule has 0 aliphatic heterocycles. The van der Waals surface area contributed by atoms with Gasteiger partial charge < -0.3 is 19.0 Å². The third-order valence-electron chi connectivity index (χ3n) is 5.24. The van der Waals surface area contributed by atoms with Crippen molar-refractivity contribution in [1.29, 1.82) is 0 Å². The maximum atomic E-state index is 12.4. The number of benzene rings is 3. The van der Waals surface area contributed by atoms with Crippen LogP contribution in [0.4, 0.5) is 0 Å². The number of aldehydes is 1. The number of carbonyl (C=O) groups is 3. The van der Waals surface area contributed by atoms with Gasteiger partial charge in [0.1, 0.15) is 10.4 Å². The first-order chi connectivity index (χ1) is 17.9. The Kier molecular flexibility index (Phi) is 8.50. The molecule has 1 aromatic heterocycles. The van der Waals surface area contributed by atoms with Crippen LogP contribution in [0.3, 0.4) is 0 Å². The molecule has 0 saturated heterocycles. The number of aromatic nitrogens is 1. The lowest BCUT2D eigenvalue weighted by Crippen LogP contribution is -2.13. The van der Waals surface area contributed by atoms with Crippen LogP contribution in [-0.2, 0) is 19.1 Å². The SMILES string of the molecule is CC(=O)Oc1ccc(-c2nc(S)sc2C(C=O)OC(c2ccccc2)c2ccccc2)cc1OC(C)=O. The van der Waals surface area contributed by atoms with Gasteiger partial charge in [0.15, 0.2) is 23.9 Å². The molecule has 0 aliphatic rings. The molecule has 0 N–H and O–H groups in total. The zero-order chi connectivity index (χ0) is 26.4. The second kappa shape index (κ2) is 12.0. The summed E-state index contributed by atoms with van der Waals surface area (Å²) in [6.07, 6.45) is -0.758. The Morgan fingerprint density at radius 3 is 1.97 bits per heavy atom. The van der Waals surface area contributed by atoms with Gasteiger partial charge in [0.05, 0.1) is 10.6 Å². The third-order valence-corrected chi connectivity index (χ3v) is 6.53. The van der Waals surface area contributed by atoms with Crippen molar-refractivity contribution in [2.45, 2.75) is 30.4 Å². The number of carbonyl (C=O) groups excluding carboxylic acids is 3. The number of hydrogen-bond acceptors (Lipinski definition) is 9. The number of thiol groups is 1. The third kappa shape index (κ3) is 6.51. The predicted molar refractivity (Wildman–Crippen MR) is 142 cm³/mol. The van der Waals surface area contributed by atoms with Crippen LogP contribution in [0.2, 0.25) is 0 Å². The van der Waals surface area contributed by atoms with E-state index in [2.05, 4.69) is 17.6 Å². The maximum Gasteiger partial charge on any atom is 0.308 e. The zero-order valence-corrected chi connectivity index (χ0v) is 21.7. The normalized spacial score (nSPS) is 11.7. The van der Waals surface area contributed by atoms with E-state index in [0.29, 0.717) is 20.5 Å². The highest BCUT2D eigenvalue weighted by molar-refractivity contribution is 7.82. The molecule has 1 unspecified atom stereocenters. The Balaban J connectivity index is 1.75. The fraction of sp³-hybridized carbons (Fsp3) is 0.143. The van der Waals surface area contributed by atoms with Gasteiger partial charge in [0.25, 0.3) is 0 Å². The molecule has 0 spiro atoms. The Labute approximate surface area is 223 Å². The molecule has 9 heteroatoms. The molecule has 4 aromatic rings. The zero-order valence-electron chi connectivity index (χ0n) is 20.0. The molecule has 0 amide bonds. The Morgan fingerprint density at radius 2 is 1.43 bits per heavy atom. The fourth-order valence-electron chi connectivity index (χ4n) is 3.76. The molecule has 0 bridgehead atoms. The van der Waals surface area contributed by atoms with Crippen LogP contribution in [0.25, 0.3) is 11.3 Å². The highest BCUT2D eigenvalue weighted by Gasteiger charge is 2.27. The Morgan fingerprint density at radius 1 is 0.865 bits per heavy atom. The quantitative estimate of drug-likeness (QED) is 0.122. The molecule has 37 heavy (non-hydrogen) atoms. The number of rotatable bonds is 9. The van der Waals surface area contributed by atoms with Crippen molar-refractivity contribution in [1.82, 2.24) is 4.98 Å². The number of thiazole rings is 1. The lowest BCUT2D eigenvalue weighted by molar-refractivity contribution is -0.134. The van der Waals surface area contributed by atoms with Crippen molar-refractivity contribution in [2.75, 3.05) is 0 Å². The minimum atomic E-state index is -0.968. The number of hydrogen-bond donors (Lipinski definition) is 1. The van der Waals surface area contributed by atoms with E-state index in [4.69, 9.17) is 14.2 Å². The van der Waals surface area contributed by atoms with E-state index in [1.807, 2.05) is 60.7 Å². The first kappa shape index (κ1) is 26.3. The van der Waals surface area contributed by atoms with Crippen LogP contribution in [0.5, 0.6) is 11.5 Å². The van der Waals surface area contributed by atoms with E-state index in [-0.39, 0.29) is 11.5 Å². The van der Waals surface area contributed by atoms with Gasteiger partial charge in [-0.05, 0) is 29.3 Å². The van der Waals surface area contributed by atoms with Gasteiger partial charge in [0.2, 0.25) is 0 Å². The minimum Gasteiger partial charge on any atom is -0.423 e. The summed E-state index contributed by atoms with van der Waals surface area (Å²) in [5.74, 6) is -1.00. The van der Waals surface area contributed by atoms with Gasteiger partial charge in [-0.2, -0.15) is 0 Å². The smallest absolute Gasteiger partial charge is 0.308 e. The van der Waals surface area contributed by atoms with E-state index in [0.717, 1.165) is 17.4 Å². The Hall–Kier alpha value is -3.79. The van der Waals surface area contributed by atoms with Gasteiger partial charge >= 0.3 is 11.9 Å². The number of esters is 2. The Bertz CT molecular complexity index is 1370. The topological polar surface area (TPSA) is 91.8 Å². The maximum absolute atomic E-state index is 12.4. The van der Waals surface area contributed by atoms with Crippen molar-refractivity contribution in [2.24, 2.45) is 0 Å². The number of nitrogens with zero attached hydrogens (tertiary/aromatic N) is 1. The molecular weight excluding hydrogens is 510 g/mol. The van der Waals surface area contributed by atoms with Crippen LogP contribution in [0.15, 0.2) is 83.2 Å². The summed E-state index contributed by atoms with van der Waals surface area (Å²) in [4.78, 5) is 40.6. The standard InChI is InChI=1S/C28H23NO6S2/c1-17(31)33-22-14-13-21(15-23(22)34-18(2)32)25-27(37-28(36)29-25)24(16-30)35-26(19-9-5-3-6-10-19)20-11-7-4-8-12-20/h3-16,24,26H,1-2H3,(H,29,36). The van der Waals surface area contributed by atoms with Crippen LogP contribution >= 0.6 is 24.0 Å². The van der Waals surface area contributed by atoms with Gasteiger partial charge in [-0.25, -0.2) is 4.98 Å². The monoisotopic (exact) mass is 533 g/mol. The summed E-state index contributed by atoms with van der Waals surface area (Å²) in [7, 11) is 0. The lowest BCUT2D eigenvalue weighted by atomic mass is 10.0. The van der Waals surface area contributed by atoms with Crippen LogP contribution in [0, 0.1) is 0 Å². The summed E-state index contributed by atoms with van der Waals surface area (Å²) in [5.41, 5.74) is 2.75. The largest absolute Gasteiger partial charge is 0.423 e. The van der Waals surface area contributed by atoms with Gasteiger partial charge in [0, 0.05) is 19.4 Å². The molecule has 3 aromatic carbocycles. The van der Waals surface area contributed by atoms with Crippen molar-refractivity contribution in [3.05, 3.63) is 94.9 Å². The van der Waals surface area contributed by atoms with E-state index in [1.54, 1.807) is 6.07 Å². The molecule has 188 valence electrons. The molecule has 0 fully saturated rings. The molecule has 0 saturated carbocycles. The van der Waals surface area contributed by atoms with Crippen molar-refractivity contribution in [3.63, 3.8) is 0 Å². The average molecular weight is 534 g/mol. The molecule has 1 heterocycles. The first-order valence-corrected chi connectivity index (χ1v) is 12.5. The van der Waals surface area contributed by atoms with Gasteiger partial charge in [-0.15, -0.1) is 24.0 Å². The molecular formula is C28H23NO6S2. The number of ether oxygens (including phenoxy) is 3. The molecule has 4 rings (SSSR count). The van der Waals surface area contributed by atoms with Crippen LogP contribution in [-0.4, -0.2) is 23.2 Å². The van der Waals surface area contributed by atoms with Crippen LogP contribution < -0.4 is 9.47 Å². The average Bonchev–Trinajstić information content (AvgIpc) is 3.27. The van der Waals surface area contributed by atoms with Crippen molar-refractivity contribution in [3.8, 4) is 22.8 Å². The van der Waals surface area contributed by atoms with E-state index < -0.39 is 24.1 Å². The second-order valence-electron chi connectivity index (χ2n) is 7.95. The van der Waals surface area contributed by atoms with E-state index in [1.165, 1.54) is 37.3 Å². The first-order valence-electron chi connectivity index (χ1n) is 11.3. The summed E-state index contributed by atoms with van der Waals surface area (Å²) < 4.78 is 17.3. The van der Waals surface area contributed by atoms with Gasteiger partial charge in [-0.1, -0.05) is 60.7 Å². The molecule has 0 radical (unpaired) electrons. The van der Waals surface area contributed by atoms with Crippen LogP contribution in [0.1, 0.15) is 42.1 Å². The predicted octanol–water partition coefficient (Wildman–Crippen LogP) is 6.00. The molecule has 7 nitrogen and oxygen atoms in total. The molecule has 1 atom stereocenters. The fourth-order valence-corrected chi connectivity index (χ4v) is 4.97. The van der Waals surface area contributed by atoms with E-state index in [9.17, 15) is 14.4 Å². The summed E-state index contributed by atoms with van der Waals surface area (Å²) in [6.45, 7) is 2.49. The van der Waals surface area contributed by atoms with E-state index >= 15 is 0 Å². The van der Waals surface area contributed by atoms with Gasteiger partial charge in [-0.3, -0.25) is 9.59 Å². The minimum absolute atomic E-state index is 0.0508. The lowest BCUT2D eigenvalue weighted by Gasteiger charge is -2.23. The summed E-state index contributed by atoms with van der Waals surface area (Å²) in [6, 6.07) is 23.9. The van der Waals surface area contributed by atoms with Crippen molar-refractivity contribution < 1.29 is 28.6 Å². The highest BCUT2D eigenvalue weighted by Crippen LogP contribution is 2.41. The summed E-state index contributed by atoms with van der Waals surface area (Å²) >= 11 is 5.63. The molecule has 0 aliphatic carbocycles. The highest BCUT2D eigenvalue weighted by atomic mass is 32.2. The summed E-state index contributed by atoms with van der Waals surface area (Å²) in [5, 5.41) is 0. The van der Waals surface area contributed by atoms with Crippen molar-refractivity contribution >= 4 is 42.2 Å².